The summed E-state index contributed by atoms with van der Waals surface area (Å²) in [6.07, 6.45) is 0.500. The molecule has 4 N–H and O–H groups in total. The smallest absolute Gasteiger partial charge is 0.289 e. The first-order valence-electron chi connectivity index (χ1n) is 12.5. The van der Waals surface area contributed by atoms with E-state index in [0.29, 0.717) is 19.5 Å². The van der Waals surface area contributed by atoms with Crippen LogP contribution >= 0.6 is 0 Å². The van der Waals surface area contributed by atoms with E-state index < -0.39 is 47.1 Å². The Morgan fingerprint density at radius 2 is 1.78 bits per heavy atom. The minimum atomic E-state index is -1.20. The summed E-state index contributed by atoms with van der Waals surface area (Å²) in [5.74, 6) is -3.67. The van der Waals surface area contributed by atoms with Gasteiger partial charge >= 0.3 is 0 Å². The monoisotopic (exact) mass is 505 g/mol. The molecule has 0 spiro atoms. The molecule has 0 unspecified atom stereocenters. The maximum Gasteiger partial charge on any atom is 0.289 e. The first kappa shape index (κ1) is 27.6. The summed E-state index contributed by atoms with van der Waals surface area (Å²) in [6.45, 7) is 11.8. The first-order chi connectivity index (χ1) is 16.6. The third kappa shape index (κ3) is 5.24. The minimum Gasteiger partial charge on any atom is -0.356 e. The molecule has 0 bridgehead atoms. The molecule has 6 atom stereocenters. The Labute approximate surface area is 211 Å². The van der Waals surface area contributed by atoms with Crippen molar-refractivity contribution in [1.82, 2.24) is 26.2 Å². The zero-order chi connectivity index (χ0) is 27.2. The molecule has 0 aromatic carbocycles. The van der Waals surface area contributed by atoms with Gasteiger partial charge in [0.15, 0.2) is 0 Å². The van der Waals surface area contributed by atoms with Crippen LogP contribution in [0.3, 0.4) is 0 Å². The van der Waals surface area contributed by atoms with Gasteiger partial charge in [0, 0.05) is 33.0 Å². The molecular formula is C25H39N5O6. The molecule has 11 heteroatoms. The molecule has 1 saturated carbocycles. The van der Waals surface area contributed by atoms with E-state index in [-0.39, 0.29) is 41.4 Å². The molecule has 0 aromatic heterocycles. The highest BCUT2D eigenvalue weighted by Gasteiger charge is 2.69. The lowest BCUT2D eigenvalue weighted by atomic mass is 9.85. The molecule has 36 heavy (non-hydrogen) atoms. The van der Waals surface area contributed by atoms with Crippen molar-refractivity contribution in [2.24, 2.45) is 28.6 Å². The second-order valence-corrected chi connectivity index (χ2v) is 11.9. The lowest BCUT2D eigenvalue weighted by Crippen LogP contribution is -2.60. The van der Waals surface area contributed by atoms with Gasteiger partial charge in [-0.05, 0) is 35.5 Å². The third-order valence-electron chi connectivity index (χ3n) is 7.99. The highest BCUT2D eigenvalue weighted by atomic mass is 16.2. The number of amides is 5. The van der Waals surface area contributed by atoms with E-state index in [1.54, 1.807) is 0 Å². The number of carbonyl (C=O) groups is 6. The Kier molecular flexibility index (Phi) is 7.53. The molecule has 200 valence electrons. The van der Waals surface area contributed by atoms with Gasteiger partial charge in [0.1, 0.15) is 12.1 Å². The van der Waals surface area contributed by atoms with Gasteiger partial charge in [-0.2, -0.15) is 0 Å². The van der Waals surface area contributed by atoms with Gasteiger partial charge in [0.05, 0.1) is 6.04 Å². The van der Waals surface area contributed by atoms with Gasteiger partial charge in [0.25, 0.3) is 5.91 Å². The normalized spacial score (nSPS) is 27.9. The largest absolute Gasteiger partial charge is 0.356 e. The van der Waals surface area contributed by atoms with E-state index in [4.69, 9.17) is 0 Å². The summed E-state index contributed by atoms with van der Waals surface area (Å²) in [7, 11) is 1.32. The molecule has 2 heterocycles. The summed E-state index contributed by atoms with van der Waals surface area (Å²) in [5, 5.41) is 10.4. The SMILES string of the molecule is CNC(=O)C(=O)[C@H](C[C@@H]1CCNC1=O)NC(=O)[C@@H]1[C@@H]2[C@H](CN1C(=O)[C@@H](NC(C)=O)C(C)(C)C)C2(C)C. The molecule has 3 fully saturated rings. The summed E-state index contributed by atoms with van der Waals surface area (Å²) < 4.78 is 0. The molecule has 2 aliphatic heterocycles. The predicted molar refractivity (Wildman–Crippen MR) is 130 cm³/mol. The summed E-state index contributed by atoms with van der Waals surface area (Å²) in [5.41, 5.74) is -0.769. The second kappa shape index (κ2) is 9.82. The molecule has 2 saturated heterocycles. The van der Waals surface area contributed by atoms with Crippen molar-refractivity contribution in [3.63, 3.8) is 0 Å². The van der Waals surface area contributed by atoms with Gasteiger partial charge in [0.2, 0.25) is 29.4 Å². The Balaban J connectivity index is 1.87. The Bertz CT molecular complexity index is 970. The number of ketones is 1. The molecular weight excluding hydrogens is 466 g/mol. The van der Waals surface area contributed by atoms with Gasteiger partial charge in [-0.15, -0.1) is 0 Å². The number of nitrogens with zero attached hydrogens (tertiary/aromatic N) is 1. The number of nitrogens with one attached hydrogen (secondary N) is 4. The molecule has 0 aromatic rings. The average molecular weight is 506 g/mol. The predicted octanol–water partition coefficient (Wildman–Crippen LogP) is -0.654. The maximum absolute atomic E-state index is 13.7. The fourth-order valence-corrected chi connectivity index (χ4v) is 5.76. The van der Waals surface area contributed by atoms with E-state index in [2.05, 4.69) is 21.3 Å². The van der Waals surface area contributed by atoms with Crippen LogP contribution < -0.4 is 21.3 Å². The highest BCUT2D eigenvalue weighted by Crippen LogP contribution is 2.65. The van der Waals surface area contributed by atoms with Crippen molar-refractivity contribution in [3.8, 4) is 0 Å². The maximum atomic E-state index is 13.7. The van der Waals surface area contributed by atoms with Crippen LogP contribution in [0.5, 0.6) is 0 Å². The first-order valence-corrected chi connectivity index (χ1v) is 12.5. The van der Waals surface area contributed by atoms with Crippen LogP contribution in [0.2, 0.25) is 0 Å². The third-order valence-corrected chi connectivity index (χ3v) is 7.99. The number of rotatable bonds is 8. The Morgan fingerprint density at radius 3 is 2.28 bits per heavy atom. The summed E-state index contributed by atoms with van der Waals surface area (Å²) in [4.78, 5) is 77.8. The van der Waals surface area contributed by atoms with E-state index in [1.807, 2.05) is 34.6 Å². The second-order valence-electron chi connectivity index (χ2n) is 11.9. The molecule has 11 nitrogen and oxygen atoms in total. The zero-order valence-electron chi connectivity index (χ0n) is 22.2. The van der Waals surface area contributed by atoms with Crippen LogP contribution in [0.25, 0.3) is 0 Å². The van der Waals surface area contributed by atoms with Crippen molar-refractivity contribution >= 4 is 35.3 Å². The number of likely N-dealkylation sites (tertiary alicyclic amines) is 1. The number of fused-ring (bicyclic) bond motifs is 1. The molecule has 5 amide bonds. The lowest BCUT2D eigenvalue weighted by Gasteiger charge is -2.37. The van der Waals surface area contributed by atoms with Gasteiger partial charge < -0.3 is 26.2 Å². The highest BCUT2D eigenvalue weighted by molar-refractivity contribution is 6.38. The van der Waals surface area contributed by atoms with Gasteiger partial charge in [-0.3, -0.25) is 28.8 Å². The average Bonchev–Trinajstić information content (AvgIpc) is 3.13. The lowest BCUT2D eigenvalue weighted by molar-refractivity contribution is -0.146. The zero-order valence-corrected chi connectivity index (χ0v) is 22.2. The van der Waals surface area contributed by atoms with Crippen LogP contribution in [0, 0.1) is 28.6 Å². The van der Waals surface area contributed by atoms with Crippen molar-refractivity contribution in [1.29, 1.82) is 0 Å². The van der Waals surface area contributed by atoms with Crippen molar-refractivity contribution in [2.75, 3.05) is 20.1 Å². The standard InChI is InChI=1S/C25H39N5O6/c1-12(31)28-19(24(2,3)4)23(36)30-11-14-16(25(14,5)6)17(30)21(34)29-15(18(32)22(35)26-7)10-13-8-9-27-20(13)33/h13-17,19H,8-11H2,1-7H3,(H,26,35)(H,27,33)(H,28,31)(H,29,34)/t13-,14-,15-,16-,17-,19+/m0/s1. The van der Waals surface area contributed by atoms with Gasteiger partial charge in [-0.1, -0.05) is 34.6 Å². The van der Waals surface area contributed by atoms with Crippen molar-refractivity contribution in [2.45, 2.75) is 72.5 Å². The van der Waals surface area contributed by atoms with Crippen LogP contribution in [0.1, 0.15) is 54.4 Å². The van der Waals surface area contributed by atoms with E-state index >= 15 is 0 Å². The van der Waals surface area contributed by atoms with Crippen molar-refractivity contribution < 1.29 is 28.8 Å². The van der Waals surface area contributed by atoms with Gasteiger partial charge in [-0.25, -0.2) is 0 Å². The van der Waals surface area contributed by atoms with Crippen LogP contribution in [-0.4, -0.2) is 78.5 Å². The van der Waals surface area contributed by atoms with E-state index in [9.17, 15) is 28.8 Å². The number of Topliss-reactive ketones (excluding diaryl/α,β-unsaturated/α-hetero) is 1. The quantitative estimate of drug-likeness (QED) is 0.322. The Morgan fingerprint density at radius 1 is 1.14 bits per heavy atom. The minimum absolute atomic E-state index is 0.00150. The fraction of sp³-hybridized carbons (Fsp3) is 0.760. The summed E-state index contributed by atoms with van der Waals surface area (Å²) in [6, 6.07) is -2.89. The molecule has 3 aliphatic rings. The number of piperidine rings is 1. The van der Waals surface area contributed by atoms with Crippen LogP contribution in [0.4, 0.5) is 0 Å². The summed E-state index contributed by atoms with van der Waals surface area (Å²) >= 11 is 0. The van der Waals surface area contributed by atoms with E-state index in [0.717, 1.165) is 0 Å². The van der Waals surface area contributed by atoms with Crippen molar-refractivity contribution in [3.05, 3.63) is 0 Å². The molecule has 0 radical (unpaired) electrons. The number of likely N-dealkylation sites (N-methyl/N-ethyl adjacent to an activating group) is 1. The fourth-order valence-electron chi connectivity index (χ4n) is 5.76. The van der Waals surface area contributed by atoms with Crippen LogP contribution in [0.15, 0.2) is 0 Å². The van der Waals surface area contributed by atoms with E-state index in [1.165, 1.54) is 18.9 Å². The number of carbonyl (C=O) groups excluding carboxylic acids is 6. The number of hydrogen-bond acceptors (Lipinski definition) is 6. The van der Waals surface area contributed by atoms with Crippen LogP contribution in [-0.2, 0) is 28.8 Å². The number of hydrogen-bond donors (Lipinski definition) is 4. The molecule has 1 aliphatic carbocycles. The topological polar surface area (TPSA) is 154 Å². The Hall–Kier alpha value is -2.98. The molecule has 3 rings (SSSR count).